The Labute approximate surface area is 228 Å². The predicted molar refractivity (Wildman–Crippen MR) is 148 cm³/mol. The lowest BCUT2D eigenvalue weighted by atomic mass is 9.87. The Morgan fingerprint density at radius 3 is 2.31 bits per heavy atom. The van der Waals surface area contributed by atoms with Gasteiger partial charge in [-0.2, -0.15) is 0 Å². The molecule has 2 aliphatic heterocycles. The molecule has 0 aromatic heterocycles. The number of amides is 1. The van der Waals surface area contributed by atoms with Gasteiger partial charge < -0.3 is 14.4 Å². The van der Waals surface area contributed by atoms with E-state index in [9.17, 15) is 13.6 Å². The molecule has 0 spiro atoms. The van der Waals surface area contributed by atoms with E-state index in [1.807, 2.05) is 24.3 Å². The molecule has 0 N–H and O–H groups in total. The van der Waals surface area contributed by atoms with Crippen LogP contribution in [0, 0.1) is 11.6 Å². The number of anilines is 1. The van der Waals surface area contributed by atoms with Gasteiger partial charge in [0.25, 0.3) is 0 Å². The third-order valence-electron chi connectivity index (χ3n) is 7.66. The summed E-state index contributed by atoms with van der Waals surface area (Å²) in [6.45, 7) is 5.44. The number of hydrogen-bond acceptors (Lipinski definition) is 5. The van der Waals surface area contributed by atoms with Crippen molar-refractivity contribution >= 4 is 11.6 Å². The van der Waals surface area contributed by atoms with Crippen LogP contribution in [0.1, 0.15) is 29.9 Å². The van der Waals surface area contributed by atoms with E-state index in [1.165, 1.54) is 24.3 Å². The van der Waals surface area contributed by atoms with Gasteiger partial charge in [-0.25, -0.2) is 8.78 Å². The van der Waals surface area contributed by atoms with E-state index < -0.39 is 0 Å². The molecular formula is C31H35F2N3O3. The van der Waals surface area contributed by atoms with Crippen molar-refractivity contribution in [2.24, 2.45) is 0 Å². The molecule has 1 fully saturated rings. The molecule has 206 valence electrons. The lowest BCUT2D eigenvalue weighted by Crippen LogP contribution is -2.51. The third kappa shape index (κ3) is 6.57. The van der Waals surface area contributed by atoms with Crippen molar-refractivity contribution in [3.05, 3.63) is 89.5 Å². The molecule has 8 heteroatoms. The first-order valence-electron chi connectivity index (χ1n) is 13.6. The van der Waals surface area contributed by atoms with Crippen molar-refractivity contribution in [3.8, 4) is 11.5 Å². The number of methoxy groups -OCH3 is 1. The molecule has 3 aromatic rings. The Balaban J connectivity index is 1.18. The molecular weight excluding hydrogens is 500 g/mol. The van der Waals surface area contributed by atoms with Crippen LogP contribution in [-0.2, 0) is 4.79 Å². The predicted octanol–water partition coefficient (Wildman–Crippen LogP) is 4.93. The fourth-order valence-electron chi connectivity index (χ4n) is 5.55. The van der Waals surface area contributed by atoms with E-state index in [2.05, 4.69) is 9.80 Å². The highest BCUT2D eigenvalue weighted by molar-refractivity contribution is 5.96. The maximum Gasteiger partial charge on any atom is 0.241 e. The Hall–Kier alpha value is -3.49. The summed E-state index contributed by atoms with van der Waals surface area (Å²) in [5, 5.41) is 0. The van der Waals surface area contributed by atoms with Gasteiger partial charge in [-0.05, 0) is 60.4 Å². The zero-order valence-corrected chi connectivity index (χ0v) is 22.3. The molecule has 1 saturated heterocycles. The van der Waals surface area contributed by atoms with Gasteiger partial charge in [-0.15, -0.1) is 0 Å². The molecule has 0 saturated carbocycles. The summed E-state index contributed by atoms with van der Waals surface area (Å²) in [4.78, 5) is 19.8. The third-order valence-corrected chi connectivity index (χ3v) is 7.66. The quantitative estimate of drug-likeness (QED) is 0.410. The summed E-state index contributed by atoms with van der Waals surface area (Å²) in [6.07, 6.45) is 1.59. The number of hydrogen-bond donors (Lipinski definition) is 0. The van der Waals surface area contributed by atoms with Crippen molar-refractivity contribution in [3.63, 3.8) is 0 Å². The summed E-state index contributed by atoms with van der Waals surface area (Å²) < 4.78 is 39.2. The van der Waals surface area contributed by atoms with E-state index in [0.717, 1.165) is 68.2 Å². The topological polar surface area (TPSA) is 45.3 Å². The monoisotopic (exact) mass is 535 g/mol. The molecule has 0 bridgehead atoms. The zero-order chi connectivity index (χ0) is 27.2. The van der Waals surface area contributed by atoms with Gasteiger partial charge in [0, 0.05) is 45.2 Å². The van der Waals surface area contributed by atoms with Gasteiger partial charge in [0.2, 0.25) is 5.91 Å². The molecule has 6 nitrogen and oxygen atoms in total. The van der Waals surface area contributed by atoms with E-state index in [4.69, 9.17) is 9.47 Å². The molecule has 5 rings (SSSR count). The molecule has 1 amide bonds. The first kappa shape index (κ1) is 27.1. The SMILES string of the molecule is COc1ccccc1OCCN1CCN(CC(=O)N2CCCC(c3ccc(F)cc3)c3ccc(F)cc32)CC1. The number of para-hydroxylation sites is 2. The Morgan fingerprint density at radius 2 is 1.56 bits per heavy atom. The second-order valence-corrected chi connectivity index (χ2v) is 10.1. The van der Waals surface area contributed by atoms with E-state index in [1.54, 1.807) is 30.2 Å². The number of carbonyl (C=O) groups excluding carboxylic acids is 1. The highest BCUT2D eigenvalue weighted by atomic mass is 19.1. The number of ether oxygens (including phenoxy) is 2. The van der Waals surface area contributed by atoms with Gasteiger partial charge in [0.1, 0.15) is 18.2 Å². The number of nitrogens with zero attached hydrogens (tertiary/aromatic N) is 3. The van der Waals surface area contributed by atoms with Crippen LogP contribution in [0.15, 0.2) is 66.7 Å². The fourth-order valence-corrected chi connectivity index (χ4v) is 5.55. The maximum atomic E-state index is 14.4. The number of fused-ring (bicyclic) bond motifs is 1. The maximum absolute atomic E-state index is 14.4. The summed E-state index contributed by atoms with van der Waals surface area (Å²) in [7, 11) is 1.63. The normalized spacial score (nSPS) is 18.3. The van der Waals surface area contributed by atoms with E-state index in [0.29, 0.717) is 25.4 Å². The largest absolute Gasteiger partial charge is 0.493 e. The Bertz CT molecular complexity index is 1260. The Kier molecular flexibility index (Phi) is 8.74. The highest BCUT2D eigenvalue weighted by Crippen LogP contribution is 2.39. The van der Waals surface area contributed by atoms with Crippen LogP contribution < -0.4 is 14.4 Å². The smallest absolute Gasteiger partial charge is 0.241 e. The van der Waals surface area contributed by atoms with Crippen molar-refractivity contribution in [2.75, 3.05) is 64.4 Å². The van der Waals surface area contributed by atoms with Crippen LogP contribution in [0.25, 0.3) is 0 Å². The number of benzene rings is 3. The molecule has 1 atom stereocenters. The molecule has 39 heavy (non-hydrogen) atoms. The minimum absolute atomic E-state index is 0.0133. The molecule has 2 aliphatic rings. The lowest BCUT2D eigenvalue weighted by Gasteiger charge is -2.35. The van der Waals surface area contributed by atoms with E-state index in [-0.39, 0.29) is 23.5 Å². The molecule has 1 unspecified atom stereocenters. The fraction of sp³-hybridized carbons (Fsp3) is 0.387. The van der Waals surface area contributed by atoms with Gasteiger partial charge >= 0.3 is 0 Å². The molecule has 2 heterocycles. The first-order valence-corrected chi connectivity index (χ1v) is 13.6. The van der Waals surface area contributed by atoms with Crippen molar-refractivity contribution in [1.82, 2.24) is 9.80 Å². The van der Waals surface area contributed by atoms with Crippen LogP contribution in [0.5, 0.6) is 11.5 Å². The minimum atomic E-state index is -0.365. The minimum Gasteiger partial charge on any atom is -0.493 e. The van der Waals surface area contributed by atoms with Crippen LogP contribution in [0.2, 0.25) is 0 Å². The summed E-state index contributed by atoms with van der Waals surface area (Å²) in [6, 6.07) is 18.8. The van der Waals surface area contributed by atoms with Crippen molar-refractivity contribution < 1.29 is 23.0 Å². The zero-order valence-electron chi connectivity index (χ0n) is 22.3. The van der Waals surface area contributed by atoms with E-state index >= 15 is 0 Å². The Morgan fingerprint density at radius 1 is 0.872 bits per heavy atom. The summed E-state index contributed by atoms with van der Waals surface area (Å²) >= 11 is 0. The average Bonchev–Trinajstić information content (AvgIpc) is 3.14. The molecule has 3 aromatic carbocycles. The van der Waals surface area contributed by atoms with Crippen molar-refractivity contribution in [1.29, 1.82) is 0 Å². The summed E-state index contributed by atoms with van der Waals surface area (Å²) in [5.74, 6) is 0.776. The van der Waals surface area contributed by atoms with Gasteiger partial charge in [-0.1, -0.05) is 30.3 Å². The second kappa shape index (κ2) is 12.6. The van der Waals surface area contributed by atoms with Crippen LogP contribution in [0.4, 0.5) is 14.5 Å². The van der Waals surface area contributed by atoms with Crippen molar-refractivity contribution in [2.45, 2.75) is 18.8 Å². The molecule has 0 aliphatic carbocycles. The standard InChI is InChI=1S/C31H35F2N3O3/c1-38-29-6-2-3-7-30(29)39-20-19-34-15-17-35(18-16-34)22-31(37)36-14-4-5-26(23-8-10-24(32)11-9-23)27-13-12-25(33)21-28(27)36/h2-3,6-13,21,26H,4-5,14-20,22H2,1H3. The number of carbonyl (C=O) groups is 1. The second-order valence-electron chi connectivity index (χ2n) is 10.1. The summed E-state index contributed by atoms with van der Waals surface area (Å²) in [5.41, 5.74) is 2.51. The number of rotatable bonds is 8. The number of halogens is 2. The van der Waals surface area contributed by atoms with Crippen LogP contribution in [0.3, 0.4) is 0 Å². The average molecular weight is 536 g/mol. The number of piperazine rings is 1. The van der Waals surface area contributed by atoms with Gasteiger partial charge in [-0.3, -0.25) is 14.6 Å². The van der Waals surface area contributed by atoms with Crippen LogP contribution >= 0.6 is 0 Å². The van der Waals surface area contributed by atoms with Gasteiger partial charge in [0.05, 0.1) is 19.3 Å². The first-order chi connectivity index (χ1) is 19.0. The highest BCUT2D eigenvalue weighted by Gasteiger charge is 2.29. The lowest BCUT2D eigenvalue weighted by molar-refractivity contribution is -0.120. The van der Waals surface area contributed by atoms with Gasteiger partial charge in [0.15, 0.2) is 11.5 Å². The van der Waals surface area contributed by atoms with Crippen LogP contribution in [-0.4, -0.2) is 75.2 Å². The molecule has 0 radical (unpaired) electrons.